The number of nitrogens with zero attached hydrogens (tertiary/aromatic N) is 2. The quantitative estimate of drug-likeness (QED) is 0.790. The van der Waals surface area contributed by atoms with Gasteiger partial charge in [0, 0.05) is 11.4 Å². The van der Waals surface area contributed by atoms with Crippen molar-refractivity contribution in [1.82, 2.24) is 9.55 Å². The van der Waals surface area contributed by atoms with Gasteiger partial charge < -0.3 is 5.32 Å². The Kier molecular flexibility index (Phi) is 3.51. The second kappa shape index (κ2) is 5.53. The van der Waals surface area contributed by atoms with Crippen LogP contribution in [0.25, 0.3) is 10.2 Å². The molecule has 0 saturated heterocycles. The summed E-state index contributed by atoms with van der Waals surface area (Å²) in [4.78, 5) is 29.8. The molecule has 22 heavy (non-hydrogen) atoms. The van der Waals surface area contributed by atoms with Crippen LogP contribution in [0.1, 0.15) is 4.88 Å². The molecule has 8 heteroatoms. The Morgan fingerprint density at radius 1 is 1.36 bits per heavy atom. The number of aromatic nitrogens is 2. The molecule has 112 valence electrons. The number of hydrogen-bond donors (Lipinski definition) is 1. The highest BCUT2D eigenvalue weighted by Crippen LogP contribution is 2.42. The summed E-state index contributed by atoms with van der Waals surface area (Å²) < 4.78 is 3.24. The van der Waals surface area contributed by atoms with Crippen LogP contribution in [0.5, 0.6) is 0 Å². The molecular formula is C14H11N3O2S3. The summed E-state index contributed by atoms with van der Waals surface area (Å²) in [7, 11) is 0. The van der Waals surface area contributed by atoms with Crippen LogP contribution in [-0.2, 0) is 17.8 Å². The molecule has 3 aromatic heterocycles. The Balaban J connectivity index is 1.72. The number of carbonyl (C=O) groups excluding carboxylic acids is 1. The summed E-state index contributed by atoms with van der Waals surface area (Å²) in [5.74, 6) is 0.354. The molecule has 0 saturated carbocycles. The van der Waals surface area contributed by atoms with E-state index in [0.717, 1.165) is 10.6 Å². The topological polar surface area (TPSA) is 64.0 Å². The van der Waals surface area contributed by atoms with E-state index in [9.17, 15) is 9.59 Å². The number of carbonyl (C=O) groups is 1. The summed E-state index contributed by atoms with van der Waals surface area (Å²) >= 11 is 4.58. The van der Waals surface area contributed by atoms with Crippen molar-refractivity contribution in [3.63, 3.8) is 0 Å². The third-order valence-electron chi connectivity index (χ3n) is 3.41. The summed E-state index contributed by atoms with van der Waals surface area (Å²) in [6.07, 6.45) is 2.40. The molecular weight excluding hydrogens is 338 g/mol. The Morgan fingerprint density at radius 2 is 2.27 bits per heavy atom. The Labute approximate surface area is 138 Å². The Morgan fingerprint density at radius 3 is 3.09 bits per heavy atom. The zero-order valence-electron chi connectivity index (χ0n) is 11.4. The molecule has 4 heterocycles. The van der Waals surface area contributed by atoms with Gasteiger partial charge in [0.05, 0.1) is 22.0 Å². The molecule has 4 rings (SSSR count). The number of aryl methyl sites for hydroxylation is 2. The van der Waals surface area contributed by atoms with Crippen molar-refractivity contribution >= 4 is 56.2 Å². The zero-order chi connectivity index (χ0) is 15.1. The maximum atomic E-state index is 12.6. The highest BCUT2D eigenvalue weighted by atomic mass is 32.2. The van der Waals surface area contributed by atoms with Crippen LogP contribution in [0.15, 0.2) is 32.8 Å². The normalized spacial score (nSPS) is 14.1. The molecule has 1 N–H and O–H groups in total. The number of thioether (sulfide) groups is 1. The van der Waals surface area contributed by atoms with Crippen LogP contribution in [-0.4, -0.2) is 21.2 Å². The molecule has 1 amide bonds. The van der Waals surface area contributed by atoms with E-state index in [0.29, 0.717) is 28.2 Å². The first kappa shape index (κ1) is 14.0. The van der Waals surface area contributed by atoms with Crippen molar-refractivity contribution in [3.8, 4) is 0 Å². The lowest BCUT2D eigenvalue weighted by Gasteiger charge is -2.11. The van der Waals surface area contributed by atoms with Crippen molar-refractivity contribution < 1.29 is 4.79 Å². The van der Waals surface area contributed by atoms with E-state index in [1.165, 1.54) is 28.0 Å². The van der Waals surface area contributed by atoms with E-state index in [2.05, 4.69) is 16.4 Å². The molecule has 3 aromatic rings. The van der Waals surface area contributed by atoms with Gasteiger partial charge in [-0.2, -0.15) is 0 Å². The van der Waals surface area contributed by atoms with Crippen molar-refractivity contribution in [2.45, 2.75) is 17.2 Å². The first-order valence-corrected chi connectivity index (χ1v) is 9.37. The monoisotopic (exact) mass is 349 g/mol. The average Bonchev–Trinajstić information content (AvgIpc) is 3.14. The zero-order valence-corrected chi connectivity index (χ0v) is 13.8. The lowest BCUT2D eigenvalue weighted by molar-refractivity contribution is -0.113. The number of hydrogen-bond acceptors (Lipinski definition) is 6. The molecule has 0 aromatic carbocycles. The molecule has 1 aliphatic rings. The number of rotatable bonds is 3. The molecule has 0 radical (unpaired) electrons. The van der Waals surface area contributed by atoms with Gasteiger partial charge in [0.15, 0.2) is 0 Å². The van der Waals surface area contributed by atoms with Crippen LogP contribution < -0.4 is 10.9 Å². The smallest absolute Gasteiger partial charge is 0.271 e. The van der Waals surface area contributed by atoms with Crippen molar-refractivity contribution in [2.24, 2.45) is 0 Å². The minimum absolute atomic E-state index is 0.0317. The number of nitrogens with one attached hydrogen (secondary N) is 1. The highest BCUT2D eigenvalue weighted by molar-refractivity contribution is 8.02. The molecule has 0 spiro atoms. The van der Waals surface area contributed by atoms with Crippen LogP contribution in [0.4, 0.5) is 5.69 Å². The van der Waals surface area contributed by atoms with Crippen LogP contribution >= 0.6 is 34.4 Å². The summed E-state index contributed by atoms with van der Waals surface area (Å²) in [5.41, 5.74) is 1.28. The predicted molar refractivity (Wildman–Crippen MR) is 91.3 cm³/mol. The number of thiophene rings is 2. The average molecular weight is 349 g/mol. The third kappa shape index (κ3) is 2.37. The predicted octanol–water partition coefficient (Wildman–Crippen LogP) is 2.81. The largest absolute Gasteiger partial charge is 0.322 e. The first-order valence-electron chi connectivity index (χ1n) is 6.69. The minimum atomic E-state index is -0.0409. The molecule has 5 nitrogen and oxygen atoms in total. The fourth-order valence-corrected chi connectivity index (χ4v) is 5.22. The third-order valence-corrected chi connectivity index (χ3v) is 6.78. The molecule has 1 aliphatic heterocycles. The van der Waals surface area contributed by atoms with E-state index < -0.39 is 0 Å². The van der Waals surface area contributed by atoms with Gasteiger partial charge in [0.1, 0.15) is 10.2 Å². The van der Waals surface area contributed by atoms with E-state index in [-0.39, 0.29) is 11.5 Å². The van der Waals surface area contributed by atoms with E-state index in [1.54, 1.807) is 22.2 Å². The Bertz CT molecular complexity index is 911. The van der Waals surface area contributed by atoms with Gasteiger partial charge in [0.25, 0.3) is 5.56 Å². The van der Waals surface area contributed by atoms with E-state index >= 15 is 0 Å². The van der Waals surface area contributed by atoms with Gasteiger partial charge in [-0.1, -0.05) is 6.07 Å². The first-order chi connectivity index (χ1) is 10.7. The summed E-state index contributed by atoms with van der Waals surface area (Å²) in [6, 6.07) is 4.08. The van der Waals surface area contributed by atoms with Crippen LogP contribution in [0, 0.1) is 0 Å². The van der Waals surface area contributed by atoms with Gasteiger partial charge >= 0.3 is 0 Å². The van der Waals surface area contributed by atoms with Crippen molar-refractivity contribution in [3.05, 3.63) is 39.1 Å². The van der Waals surface area contributed by atoms with Gasteiger partial charge in [-0.15, -0.1) is 34.4 Å². The Hall–Kier alpha value is -1.64. The molecule has 0 atom stereocenters. The molecule has 0 aliphatic carbocycles. The fourth-order valence-electron chi connectivity index (χ4n) is 2.34. The maximum absolute atomic E-state index is 12.6. The number of fused-ring (bicyclic) bond motifs is 3. The summed E-state index contributed by atoms with van der Waals surface area (Å²) in [5, 5.41) is 4.86. The van der Waals surface area contributed by atoms with Gasteiger partial charge in [-0.3, -0.25) is 14.2 Å². The molecule has 0 bridgehead atoms. The van der Waals surface area contributed by atoms with E-state index in [4.69, 9.17) is 0 Å². The molecule has 0 unspecified atom stereocenters. The second-order valence-electron chi connectivity index (χ2n) is 4.85. The van der Waals surface area contributed by atoms with E-state index in [1.807, 2.05) is 11.4 Å². The van der Waals surface area contributed by atoms with Crippen LogP contribution in [0.3, 0.4) is 0 Å². The maximum Gasteiger partial charge on any atom is 0.271 e. The summed E-state index contributed by atoms with van der Waals surface area (Å²) in [6.45, 7) is 0.615. The number of anilines is 1. The van der Waals surface area contributed by atoms with Crippen molar-refractivity contribution in [2.75, 3.05) is 11.1 Å². The van der Waals surface area contributed by atoms with Gasteiger partial charge in [0.2, 0.25) is 5.91 Å². The SMILES string of the molecule is O=C1CSc2sc3c(=O)n(CCc4cccs4)cnc3c2N1. The second-order valence-corrected chi connectivity index (χ2v) is 8.15. The fraction of sp³-hybridized carbons (Fsp3) is 0.214. The molecule has 0 fully saturated rings. The van der Waals surface area contributed by atoms with Gasteiger partial charge in [-0.25, -0.2) is 4.98 Å². The lowest BCUT2D eigenvalue weighted by Crippen LogP contribution is -2.21. The van der Waals surface area contributed by atoms with Crippen molar-refractivity contribution in [1.29, 1.82) is 0 Å². The van der Waals surface area contributed by atoms with Gasteiger partial charge in [-0.05, 0) is 17.9 Å². The number of amides is 1. The lowest BCUT2D eigenvalue weighted by atomic mass is 10.3. The van der Waals surface area contributed by atoms with Crippen LogP contribution in [0.2, 0.25) is 0 Å². The minimum Gasteiger partial charge on any atom is -0.322 e. The highest BCUT2D eigenvalue weighted by Gasteiger charge is 2.23. The standard InChI is InChI=1S/C14H11N3O2S3/c18-9-6-21-14-11(16-9)10-12(22-14)13(19)17(7-15-10)4-3-8-2-1-5-20-8/h1-2,5,7H,3-4,6H2,(H,16,18).